The van der Waals surface area contributed by atoms with E-state index in [1.54, 1.807) is 18.2 Å². The summed E-state index contributed by atoms with van der Waals surface area (Å²) < 4.78 is 11.2. The SMILES string of the molecule is NCc1ccc(OCCCOc2ccc(Cl)c(Cl)c2)cc1. The first-order chi connectivity index (χ1) is 10.2. The Labute approximate surface area is 134 Å². The van der Waals surface area contributed by atoms with E-state index in [-0.39, 0.29) is 0 Å². The molecule has 0 atom stereocenters. The highest BCUT2D eigenvalue weighted by Crippen LogP contribution is 2.26. The molecule has 3 nitrogen and oxygen atoms in total. The normalized spacial score (nSPS) is 10.4. The lowest BCUT2D eigenvalue weighted by Gasteiger charge is -2.09. The van der Waals surface area contributed by atoms with Gasteiger partial charge >= 0.3 is 0 Å². The zero-order chi connectivity index (χ0) is 15.1. The molecule has 5 heteroatoms. The Morgan fingerprint density at radius 1 is 0.810 bits per heavy atom. The summed E-state index contributed by atoms with van der Waals surface area (Å²) in [6, 6.07) is 13.0. The lowest BCUT2D eigenvalue weighted by Crippen LogP contribution is -2.05. The molecule has 0 fully saturated rings. The molecule has 0 spiro atoms. The standard InChI is InChI=1S/C16H17Cl2NO2/c17-15-7-6-14(10-16(15)18)21-9-1-8-20-13-4-2-12(11-19)3-5-13/h2-7,10H,1,8-9,11,19H2. The Morgan fingerprint density at radius 3 is 2.05 bits per heavy atom. The van der Waals surface area contributed by atoms with Crippen LogP contribution in [-0.2, 0) is 6.54 Å². The average Bonchev–Trinajstić information content (AvgIpc) is 2.51. The van der Waals surface area contributed by atoms with E-state index in [1.165, 1.54) is 0 Å². The van der Waals surface area contributed by atoms with Crippen LogP contribution in [0.1, 0.15) is 12.0 Å². The van der Waals surface area contributed by atoms with E-state index in [1.807, 2.05) is 24.3 Å². The third-order valence-corrected chi connectivity index (χ3v) is 3.62. The Kier molecular flexibility index (Phi) is 6.18. The molecule has 112 valence electrons. The van der Waals surface area contributed by atoms with E-state index >= 15 is 0 Å². The van der Waals surface area contributed by atoms with Crippen molar-refractivity contribution in [3.8, 4) is 11.5 Å². The predicted molar refractivity (Wildman–Crippen MR) is 86.4 cm³/mol. The minimum Gasteiger partial charge on any atom is -0.493 e. The minimum absolute atomic E-state index is 0.491. The smallest absolute Gasteiger partial charge is 0.120 e. The molecule has 0 amide bonds. The molecular formula is C16H17Cl2NO2. The van der Waals surface area contributed by atoms with Gasteiger partial charge < -0.3 is 15.2 Å². The highest BCUT2D eigenvalue weighted by atomic mass is 35.5. The summed E-state index contributed by atoms with van der Waals surface area (Å²) in [5, 5.41) is 1.01. The van der Waals surface area contributed by atoms with Crippen molar-refractivity contribution in [3.63, 3.8) is 0 Å². The summed E-state index contributed by atoms with van der Waals surface area (Å²) in [5.41, 5.74) is 6.63. The first kappa shape index (κ1) is 16.0. The van der Waals surface area contributed by atoms with Gasteiger partial charge in [-0.05, 0) is 29.8 Å². The summed E-state index contributed by atoms with van der Waals surface area (Å²) in [6.07, 6.45) is 0.777. The van der Waals surface area contributed by atoms with E-state index in [0.29, 0.717) is 35.6 Å². The van der Waals surface area contributed by atoms with Crippen molar-refractivity contribution in [1.29, 1.82) is 0 Å². The Morgan fingerprint density at radius 2 is 1.43 bits per heavy atom. The Bertz CT molecular complexity index is 573. The zero-order valence-electron chi connectivity index (χ0n) is 11.5. The monoisotopic (exact) mass is 325 g/mol. The molecule has 0 unspecified atom stereocenters. The maximum absolute atomic E-state index is 5.91. The van der Waals surface area contributed by atoms with Gasteiger partial charge in [0.1, 0.15) is 11.5 Å². The fraction of sp³-hybridized carbons (Fsp3) is 0.250. The number of hydrogen-bond acceptors (Lipinski definition) is 3. The third kappa shape index (κ3) is 5.12. The molecular weight excluding hydrogens is 309 g/mol. The number of benzene rings is 2. The van der Waals surface area contributed by atoms with Gasteiger partial charge in [0.2, 0.25) is 0 Å². The van der Waals surface area contributed by atoms with Gasteiger partial charge in [-0.25, -0.2) is 0 Å². The molecule has 0 aromatic heterocycles. The molecule has 2 rings (SSSR count). The number of rotatable bonds is 7. The number of hydrogen-bond donors (Lipinski definition) is 1. The Hall–Kier alpha value is -1.42. The lowest BCUT2D eigenvalue weighted by molar-refractivity contribution is 0.247. The van der Waals surface area contributed by atoms with Crippen molar-refractivity contribution in [2.45, 2.75) is 13.0 Å². The van der Waals surface area contributed by atoms with Crippen molar-refractivity contribution >= 4 is 23.2 Å². The molecule has 0 bridgehead atoms. The molecule has 2 aromatic carbocycles. The fourth-order valence-corrected chi connectivity index (χ4v) is 2.02. The second-order valence-corrected chi connectivity index (χ2v) is 5.29. The molecule has 2 N–H and O–H groups in total. The van der Waals surface area contributed by atoms with Crippen LogP contribution in [0.25, 0.3) is 0 Å². The van der Waals surface area contributed by atoms with Crippen LogP contribution >= 0.6 is 23.2 Å². The Balaban J connectivity index is 1.68. The first-order valence-corrected chi connectivity index (χ1v) is 7.44. The summed E-state index contributed by atoms with van der Waals surface area (Å²) >= 11 is 11.8. The second kappa shape index (κ2) is 8.13. The molecule has 0 aliphatic heterocycles. The van der Waals surface area contributed by atoms with Gasteiger partial charge in [0.25, 0.3) is 0 Å². The third-order valence-electron chi connectivity index (χ3n) is 2.88. The highest BCUT2D eigenvalue weighted by Gasteiger charge is 2.00. The van der Waals surface area contributed by atoms with Crippen LogP contribution in [0.5, 0.6) is 11.5 Å². The van der Waals surface area contributed by atoms with E-state index < -0.39 is 0 Å². The van der Waals surface area contributed by atoms with Crippen molar-refractivity contribution in [3.05, 3.63) is 58.1 Å². The minimum atomic E-state index is 0.491. The van der Waals surface area contributed by atoms with Crippen LogP contribution in [0.2, 0.25) is 10.0 Å². The van der Waals surface area contributed by atoms with Gasteiger partial charge in [0, 0.05) is 19.0 Å². The molecule has 0 radical (unpaired) electrons. The van der Waals surface area contributed by atoms with Gasteiger partial charge in [-0.2, -0.15) is 0 Å². The summed E-state index contributed by atoms with van der Waals surface area (Å²) in [6.45, 7) is 1.68. The maximum Gasteiger partial charge on any atom is 0.120 e. The quantitative estimate of drug-likeness (QED) is 0.772. The van der Waals surface area contributed by atoms with Gasteiger partial charge in [0.15, 0.2) is 0 Å². The number of ether oxygens (including phenoxy) is 2. The summed E-state index contributed by atoms with van der Waals surface area (Å²) in [5.74, 6) is 1.54. The summed E-state index contributed by atoms with van der Waals surface area (Å²) in [7, 11) is 0. The average molecular weight is 326 g/mol. The molecule has 21 heavy (non-hydrogen) atoms. The first-order valence-electron chi connectivity index (χ1n) is 6.68. The van der Waals surface area contributed by atoms with Crippen molar-refractivity contribution < 1.29 is 9.47 Å². The fourth-order valence-electron chi connectivity index (χ4n) is 1.73. The van der Waals surface area contributed by atoms with Crippen LogP contribution in [-0.4, -0.2) is 13.2 Å². The predicted octanol–water partition coefficient (Wildman–Crippen LogP) is 4.30. The van der Waals surface area contributed by atoms with Crippen LogP contribution < -0.4 is 15.2 Å². The van der Waals surface area contributed by atoms with E-state index in [0.717, 1.165) is 17.7 Å². The number of nitrogens with two attached hydrogens (primary N) is 1. The van der Waals surface area contributed by atoms with Gasteiger partial charge in [-0.1, -0.05) is 35.3 Å². The van der Waals surface area contributed by atoms with E-state index in [9.17, 15) is 0 Å². The topological polar surface area (TPSA) is 44.5 Å². The number of halogens is 2. The van der Waals surface area contributed by atoms with Crippen LogP contribution in [0.15, 0.2) is 42.5 Å². The molecule has 0 saturated carbocycles. The summed E-state index contributed by atoms with van der Waals surface area (Å²) in [4.78, 5) is 0. The lowest BCUT2D eigenvalue weighted by atomic mass is 10.2. The largest absolute Gasteiger partial charge is 0.493 e. The van der Waals surface area contributed by atoms with Crippen molar-refractivity contribution in [1.82, 2.24) is 0 Å². The zero-order valence-corrected chi connectivity index (χ0v) is 13.0. The second-order valence-electron chi connectivity index (χ2n) is 4.47. The van der Waals surface area contributed by atoms with Crippen LogP contribution in [0.3, 0.4) is 0 Å². The van der Waals surface area contributed by atoms with Crippen LogP contribution in [0, 0.1) is 0 Å². The van der Waals surface area contributed by atoms with E-state index in [2.05, 4.69) is 0 Å². The van der Waals surface area contributed by atoms with Gasteiger partial charge in [0.05, 0.1) is 23.3 Å². The highest BCUT2D eigenvalue weighted by molar-refractivity contribution is 6.42. The van der Waals surface area contributed by atoms with Gasteiger partial charge in [-0.3, -0.25) is 0 Å². The van der Waals surface area contributed by atoms with Gasteiger partial charge in [-0.15, -0.1) is 0 Å². The van der Waals surface area contributed by atoms with Crippen molar-refractivity contribution in [2.24, 2.45) is 5.73 Å². The molecule has 2 aromatic rings. The molecule has 0 aliphatic carbocycles. The molecule has 0 aliphatic rings. The molecule has 0 heterocycles. The van der Waals surface area contributed by atoms with E-state index in [4.69, 9.17) is 38.4 Å². The van der Waals surface area contributed by atoms with Crippen molar-refractivity contribution in [2.75, 3.05) is 13.2 Å². The maximum atomic E-state index is 5.91. The van der Waals surface area contributed by atoms with Crippen LogP contribution in [0.4, 0.5) is 0 Å². The molecule has 0 saturated heterocycles.